The molecule has 0 fully saturated rings. The molecule has 0 spiro atoms. The first-order chi connectivity index (χ1) is 5.91. The average Bonchev–Trinajstić information content (AvgIpc) is 2.18. The van der Waals surface area contributed by atoms with Crippen LogP contribution >= 0.6 is 8.81 Å². The third kappa shape index (κ3) is 9.45. The number of hydrogen-bond donors (Lipinski definition) is 0. The Morgan fingerprint density at radius 3 is 2.50 bits per heavy atom. The van der Waals surface area contributed by atoms with Crippen LogP contribution in [-0.4, -0.2) is 0 Å². The normalized spacial score (nSPS) is 14.8. The molecule has 0 bridgehead atoms. The molecule has 1 aliphatic rings. The number of unbranched alkanes of at least 4 members (excludes halogenated alkanes) is 2. The minimum absolute atomic E-state index is 0.534. The van der Waals surface area contributed by atoms with Crippen molar-refractivity contribution in [3.8, 4) is 0 Å². The fourth-order valence-electron chi connectivity index (χ4n) is 0.607. The molecule has 0 aliphatic carbocycles. The fourth-order valence-corrected chi connectivity index (χ4v) is 1.03. The van der Waals surface area contributed by atoms with Gasteiger partial charge in [0.25, 0.3) is 0 Å². The zero-order valence-corrected chi connectivity index (χ0v) is 8.62. The van der Waals surface area contributed by atoms with Gasteiger partial charge in [-0.2, -0.15) is 0 Å². The first kappa shape index (κ1) is 11.4. The van der Waals surface area contributed by atoms with E-state index in [0.29, 0.717) is 8.81 Å². The van der Waals surface area contributed by atoms with Gasteiger partial charge in [-0.1, -0.05) is 31.9 Å². The van der Waals surface area contributed by atoms with E-state index >= 15 is 0 Å². The maximum atomic E-state index is 4.83. The molecule has 0 aromatic heterocycles. The summed E-state index contributed by atoms with van der Waals surface area (Å²) >= 11 is 0. The van der Waals surface area contributed by atoms with Gasteiger partial charge in [-0.3, -0.25) is 0 Å². The van der Waals surface area contributed by atoms with E-state index in [1.807, 2.05) is 24.0 Å². The molecule has 12 heavy (non-hydrogen) atoms. The molecule has 1 unspecified atom stereocenters. The Balaban J connectivity index is 0.000000202. The molecule has 0 N–H and O–H groups in total. The standard InChI is InChI=1S/C6H12.C4H5OP/c1-3-5-6-4-2;1-2-4-6-5-3-1/h3H,1,4-6H2,2H3;1-4,6H. The van der Waals surface area contributed by atoms with Crippen molar-refractivity contribution < 1.29 is 4.52 Å². The van der Waals surface area contributed by atoms with Crippen LogP contribution in [0.5, 0.6) is 0 Å². The summed E-state index contributed by atoms with van der Waals surface area (Å²) in [5, 5.41) is 0. The molecule has 2 heteroatoms. The highest BCUT2D eigenvalue weighted by Crippen LogP contribution is 2.16. The monoisotopic (exact) mass is 184 g/mol. The molecule has 0 radical (unpaired) electrons. The highest BCUT2D eigenvalue weighted by atomic mass is 31.1. The second-order valence-electron chi connectivity index (χ2n) is 2.35. The molecular formula is C10H17OP. The number of rotatable bonds is 3. The van der Waals surface area contributed by atoms with E-state index in [-0.39, 0.29) is 0 Å². The first-order valence-electron chi connectivity index (χ1n) is 4.25. The maximum Gasteiger partial charge on any atom is 0.0963 e. The van der Waals surface area contributed by atoms with Gasteiger partial charge in [-0.25, -0.2) is 0 Å². The zero-order chi connectivity index (χ0) is 9.07. The molecule has 0 aromatic rings. The van der Waals surface area contributed by atoms with Gasteiger partial charge < -0.3 is 4.52 Å². The molecule has 1 rings (SSSR count). The molecule has 68 valence electrons. The van der Waals surface area contributed by atoms with Crippen molar-refractivity contribution in [2.45, 2.75) is 26.2 Å². The highest BCUT2D eigenvalue weighted by molar-refractivity contribution is 7.36. The summed E-state index contributed by atoms with van der Waals surface area (Å²) in [6, 6.07) is 0. The lowest BCUT2D eigenvalue weighted by atomic mass is 10.3. The third-order valence-electron chi connectivity index (χ3n) is 1.25. The lowest BCUT2D eigenvalue weighted by molar-refractivity contribution is 0.554. The highest BCUT2D eigenvalue weighted by Gasteiger charge is 1.76. The predicted molar refractivity (Wildman–Crippen MR) is 57.4 cm³/mol. The second kappa shape index (κ2) is 10.4. The van der Waals surface area contributed by atoms with Gasteiger partial charge in [0.05, 0.1) is 15.1 Å². The lowest BCUT2D eigenvalue weighted by Gasteiger charge is -1.93. The van der Waals surface area contributed by atoms with Gasteiger partial charge in [-0.05, 0) is 18.3 Å². The van der Waals surface area contributed by atoms with Crippen LogP contribution in [0.1, 0.15) is 26.2 Å². The van der Waals surface area contributed by atoms with Crippen LogP contribution in [0.25, 0.3) is 0 Å². The minimum atomic E-state index is 0.534. The van der Waals surface area contributed by atoms with Crippen LogP contribution in [-0.2, 0) is 4.52 Å². The SMILES string of the molecule is C1=COPC=C1.C=CCCCC. The third-order valence-corrected chi connectivity index (χ3v) is 1.85. The van der Waals surface area contributed by atoms with Gasteiger partial charge in [0.2, 0.25) is 0 Å². The Hall–Kier alpha value is -0.550. The average molecular weight is 184 g/mol. The predicted octanol–water partition coefficient (Wildman–Crippen LogP) is 4.00. The van der Waals surface area contributed by atoms with Crippen molar-refractivity contribution in [3.05, 3.63) is 36.9 Å². The van der Waals surface area contributed by atoms with Gasteiger partial charge in [0.1, 0.15) is 0 Å². The van der Waals surface area contributed by atoms with Gasteiger partial charge in [-0.15, -0.1) is 6.58 Å². The molecule has 0 amide bonds. The van der Waals surface area contributed by atoms with Crippen LogP contribution in [0.4, 0.5) is 0 Å². The summed E-state index contributed by atoms with van der Waals surface area (Å²) in [7, 11) is 0.534. The molecule has 0 saturated carbocycles. The maximum absolute atomic E-state index is 4.83. The van der Waals surface area contributed by atoms with E-state index in [0.717, 1.165) is 0 Å². The zero-order valence-electron chi connectivity index (χ0n) is 7.62. The summed E-state index contributed by atoms with van der Waals surface area (Å²) in [5.41, 5.74) is 0. The summed E-state index contributed by atoms with van der Waals surface area (Å²) in [4.78, 5) is 0. The molecule has 1 aliphatic heterocycles. The minimum Gasteiger partial charge on any atom is -0.481 e. The summed E-state index contributed by atoms with van der Waals surface area (Å²) < 4.78 is 4.83. The van der Waals surface area contributed by atoms with Crippen molar-refractivity contribution in [1.82, 2.24) is 0 Å². The largest absolute Gasteiger partial charge is 0.481 e. The van der Waals surface area contributed by atoms with Crippen LogP contribution in [0.15, 0.2) is 36.9 Å². The van der Waals surface area contributed by atoms with Crippen molar-refractivity contribution in [2.75, 3.05) is 0 Å². The van der Waals surface area contributed by atoms with E-state index in [4.69, 9.17) is 4.52 Å². The van der Waals surface area contributed by atoms with Gasteiger partial charge in [0.15, 0.2) is 0 Å². The summed E-state index contributed by atoms with van der Waals surface area (Å²) in [6.07, 6.45) is 11.3. The topological polar surface area (TPSA) is 9.23 Å². The molecule has 1 atom stereocenters. The quantitative estimate of drug-likeness (QED) is 0.366. The van der Waals surface area contributed by atoms with Crippen molar-refractivity contribution in [1.29, 1.82) is 0 Å². The smallest absolute Gasteiger partial charge is 0.0963 e. The van der Waals surface area contributed by atoms with E-state index < -0.39 is 0 Å². The fraction of sp³-hybridized carbons (Fsp3) is 0.400. The van der Waals surface area contributed by atoms with Crippen LogP contribution < -0.4 is 0 Å². The van der Waals surface area contributed by atoms with E-state index in [9.17, 15) is 0 Å². The van der Waals surface area contributed by atoms with Crippen LogP contribution in [0, 0.1) is 0 Å². The van der Waals surface area contributed by atoms with Gasteiger partial charge >= 0.3 is 0 Å². The van der Waals surface area contributed by atoms with Crippen LogP contribution in [0.2, 0.25) is 0 Å². The molecule has 0 saturated heterocycles. The van der Waals surface area contributed by atoms with Crippen LogP contribution in [0.3, 0.4) is 0 Å². The van der Waals surface area contributed by atoms with E-state index in [2.05, 4.69) is 13.5 Å². The Bertz CT molecular complexity index is 138. The van der Waals surface area contributed by atoms with Crippen molar-refractivity contribution in [2.24, 2.45) is 0 Å². The molecule has 0 aromatic carbocycles. The lowest BCUT2D eigenvalue weighted by Crippen LogP contribution is -1.61. The number of hydrogen-bond acceptors (Lipinski definition) is 1. The first-order valence-corrected chi connectivity index (χ1v) is 5.24. The Kier molecular flexibility index (Phi) is 9.97. The Morgan fingerprint density at radius 2 is 2.33 bits per heavy atom. The Labute approximate surface area is 77.1 Å². The summed E-state index contributed by atoms with van der Waals surface area (Å²) in [5.74, 6) is 1.99. The number of allylic oxidation sites excluding steroid dienone is 3. The summed E-state index contributed by atoms with van der Waals surface area (Å²) in [6.45, 7) is 5.78. The molecular weight excluding hydrogens is 167 g/mol. The van der Waals surface area contributed by atoms with E-state index in [1.165, 1.54) is 19.3 Å². The van der Waals surface area contributed by atoms with Crippen molar-refractivity contribution >= 4 is 8.81 Å². The Morgan fingerprint density at radius 1 is 1.50 bits per heavy atom. The van der Waals surface area contributed by atoms with Crippen molar-refractivity contribution in [3.63, 3.8) is 0 Å². The van der Waals surface area contributed by atoms with E-state index in [1.54, 1.807) is 6.26 Å². The van der Waals surface area contributed by atoms with Gasteiger partial charge in [0, 0.05) is 0 Å². The second-order valence-corrected chi connectivity index (χ2v) is 3.16. The molecule has 1 nitrogen and oxygen atoms in total. The molecule has 1 heterocycles.